The number of nitrogens with one attached hydrogen (secondary N) is 1. The van der Waals surface area contributed by atoms with Crippen molar-refractivity contribution >= 4 is 5.91 Å². The van der Waals surface area contributed by atoms with Gasteiger partial charge in [0.25, 0.3) is 0 Å². The van der Waals surface area contributed by atoms with Crippen molar-refractivity contribution < 1.29 is 19.6 Å². The van der Waals surface area contributed by atoms with E-state index in [0.717, 1.165) is 32.2 Å². The summed E-state index contributed by atoms with van der Waals surface area (Å²) in [5.41, 5.74) is 0. The molecule has 44 heavy (non-hydrogen) atoms. The van der Waals surface area contributed by atoms with Crippen LogP contribution < -0.4 is 9.88 Å². The lowest BCUT2D eigenvalue weighted by Crippen LogP contribution is -2.45. The van der Waals surface area contributed by atoms with Crippen LogP contribution in [-0.2, 0) is 11.3 Å². The third-order valence-electron chi connectivity index (χ3n) is 8.86. The fourth-order valence-corrected chi connectivity index (χ4v) is 5.92. The number of aryl methyl sites for hydroxylation is 1. The molecule has 0 aliphatic carbocycles. The average molecular weight is 616 g/mol. The monoisotopic (exact) mass is 616 g/mol. The molecule has 0 saturated heterocycles. The number of rotatable bonds is 32. The maximum atomic E-state index is 12.3. The van der Waals surface area contributed by atoms with Crippen LogP contribution in [0.5, 0.6) is 0 Å². The summed E-state index contributed by atoms with van der Waals surface area (Å²) in [6.45, 7) is 3.15. The molecule has 5 heteroatoms. The first kappa shape index (κ1) is 40.3. The van der Waals surface area contributed by atoms with Crippen LogP contribution in [0.2, 0.25) is 0 Å². The maximum Gasteiger partial charge on any atom is 0.220 e. The quantitative estimate of drug-likeness (QED) is 0.0429. The summed E-state index contributed by atoms with van der Waals surface area (Å²) in [4.78, 5) is 12.3. The smallest absolute Gasteiger partial charge is 0.220 e. The van der Waals surface area contributed by atoms with Crippen molar-refractivity contribution in [3.05, 3.63) is 42.7 Å². The molecule has 0 aromatic carbocycles. The molecule has 0 bridgehead atoms. The summed E-state index contributed by atoms with van der Waals surface area (Å²) in [6.07, 6.45) is 39.6. The number of hydrogen-bond acceptors (Lipinski definition) is 3. The van der Waals surface area contributed by atoms with Gasteiger partial charge in [0.2, 0.25) is 5.91 Å². The zero-order chi connectivity index (χ0) is 31.8. The number of aliphatic hydroxyl groups is 2. The second kappa shape index (κ2) is 31.3. The first-order valence-electron chi connectivity index (χ1n) is 18.9. The van der Waals surface area contributed by atoms with Crippen LogP contribution in [0.1, 0.15) is 174 Å². The molecule has 0 aliphatic rings. The van der Waals surface area contributed by atoms with Gasteiger partial charge in [-0.15, -0.1) is 0 Å². The second-order valence-electron chi connectivity index (χ2n) is 13.1. The van der Waals surface area contributed by atoms with E-state index in [1.54, 1.807) is 6.08 Å². The molecular formula is C39H71N2O3+. The number of amides is 1. The molecule has 0 aliphatic heterocycles. The molecular weight excluding hydrogens is 544 g/mol. The predicted octanol–water partition coefficient (Wildman–Crippen LogP) is 9.53. The highest BCUT2D eigenvalue weighted by atomic mass is 16.3. The van der Waals surface area contributed by atoms with Crippen LogP contribution in [0.25, 0.3) is 0 Å². The van der Waals surface area contributed by atoms with Gasteiger partial charge in [0, 0.05) is 25.0 Å². The van der Waals surface area contributed by atoms with Gasteiger partial charge in [-0.3, -0.25) is 4.79 Å². The summed E-state index contributed by atoms with van der Waals surface area (Å²) in [7, 11) is 0. The van der Waals surface area contributed by atoms with Crippen molar-refractivity contribution in [1.29, 1.82) is 0 Å². The summed E-state index contributed by atoms with van der Waals surface area (Å²) >= 11 is 0. The normalized spacial score (nSPS) is 13.0. The highest BCUT2D eigenvalue weighted by molar-refractivity contribution is 5.76. The largest absolute Gasteiger partial charge is 0.394 e. The zero-order valence-electron chi connectivity index (χ0n) is 28.7. The summed E-state index contributed by atoms with van der Waals surface area (Å²) in [5, 5.41) is 22.9. The van der Waals surface area contributed by atoms with Crippen molar-refractivity contribution in [3.63, 3.8) is 0 Å². The first-order chi connectivity index (χ1) is 21.7. The highest BCUT2D eigenvalue weighted by Crippen LogP contribution is 2.14. The minimum atomic E-state index is -0.838. The van der Waals surface area contributed by atoms with E-state index in [-0.39, 0.29) is 12.5 Å². The molecule has 3 N–H and O–H groups in total. The van der Waals surface area contributed by atoms with Crippen LogP contribution in [0.15, 0.2) is 42.7 Å². The van der Waals surface area contributed by atoms with E-state index < -0.39 is 12.1 Å². The van der Waals surface area contributed by atoms with E-state index in [0.29, 0.717) is 6.42 Å². The lowest BCUT2D eigenvalue weighted by atomic mass is 10.0. The van der Waals surface area contributed by atoms with Crippen molar-refractivity contribution in [2.45, 2.75) is 193 Å². The number of carbonyl (C=O) groups excluding carboxylic acids is 1. The lowest BCUT2D eigenvalue weighted by molar-refractivity contribution is -0.697. The molecule has 0 unspecified atom stereocenters. The SMILES string of the molecule is CCCCCCCCCCCCC/C=C/[C@@H](O)[C@@H](CO)NC(=O)CCCCCCCCCCCCCCC[n+]1ccccc1. The Hall–Kier alpha value is -1.72. The van der Waals surface area contributed by atoms with Gasteiger partial charge in [0.1, 0.15) is 6.54 Å². The standard InChI is InChI=1S/C39H70N2O3/c1-2-3-4-5-6-7-8-10-13-16-19-22-26-31-38(43)37(36-42)40-39(44)32-27-23-20-17-14-11-9-12-15-18-21-24-28-33-41-34-29-25-30-35-41/h25-26,29-31,34-35,37-38,42-43H,2-24,27-28,32-33,36H2,1H3/p+1/b31-26+/t37-,38-/m1/s1. The number of carbonyl (C=O) groups is 1. The first-order valence-corrected chi connectivity index (χ1v) is 18.9. The van der Waals surface area contributed by atoms with Crippen molar-refractivity contribution in [3.8, 4) is 0 Å². The van der Waals surface area contributed by atoms with E-state index in [1.807, 2.05) is 6.08 Å². The van der Waals surface area contributed by atoms with Gasteiger partial charge in [-0.05, 0) is 25.7 Å². The van der Waals surface area contributed by atoms with Gasteiger partial charge in [0.05, 0.1) is 18.8 Å². The molecule has 1 aromatic rings. The minimum Gasteiger partial charge on any atom is -0.394 e. The summed E-state index contributed by atoms with van der Waals surface area (Å²) in [5.74, 6) is -0.0688. The van der Waals surface area contributed by atoms with Gasteiger partial charge in [-0.1, -0.05) is 154 Å². The number of unbranched alkanes of at least 4 members (excludes halogenated alkanes) is 23. The third kappa shape index (κ3) is 25.6. The van der Waals surface area contributed by atoms with Crippen molar-refractivity contribution in [2.24, 2.45) is 0 Å². The average Bonchev–Trinajstić information content (AvgIpc) is 3.04. The topological polar surface area (TPSA) is 73.4 Å². The molecule has 0 radical (unpaired) electrons. The van der Waals surface area contributed by atoms with Crippen LogP contribution in [-0.4, -0.2) is 34.9 Å². The third-order valence-corrected chi connectivity index (χ3v) is 8.86. The Labute approximate surface area is 272 Å². The van der Waals surface area contributed by atoms with E-state index in [4.69, 9.17) is 0 Å². The van der Waals surface area contributed by atoms with Crippen molar-refractivity contribution in [1.82, 2.24) is 5.32 Å². The molecule has 0 saturated carbocycles. The van der Waals surface area contributed by atoms with E-state index >= 15 is 0 Å². The number of hydrogen-bond donors (Lipinski definition) is 3. The summed E-state index contributed by atoms with van der Waals surface area (Å²) in [6, 6.07) is 5.64. The lowest BCUT2D eigenvalue weighted by Gasteiger charge is -2.20. The summed E-state index contributed by atoms with van der Waals surface area (Å²) < 4.78 is 2.27. The van der Waals surface area contributed by atoms with Gasteiger partial charge >= 0.3 is 0 Å². The van der Waals surface area contributed by atoms with E-state index in [9.17, 15) is 15.0 Å². The predicted molar refractivity (Wildman–Crippen MR) is 187 cm³/mol. The van der Waals surface area contributed by atoms with Crippen LogP contribution >= 0.6 is 0 Å². The highest BCUT2D eigenvalue weighted by Gasteiger charge is 2.17. The second-order valence-corrected chi connectivity index (χ2v) is 13.1. The van der Waals surface area contributed by atoms with E-state index in [1.165, 1.54) is 135 Å². The van der Waals surface area contributed by atoms with Gasteiger partial charge < -0.3 is 15.5 Å². The molecule has 1 heterocycles. The molecule has 2 atom stereocenters. The maximum absolute atomic E-state index is 12.3. The van der Waals surface area contributed by atoms with Gasteiger partial charge in [0.15, 0.2) is 12.4 Å². The molecule has 254 valence electrons. The number of nitrogens with zero attached hydrogens (tertiary/aromatic N) is 1. The Bertz CT molecular complexity index is 770. The molecule has 1 aromatic heterocycles. The van der Waals surface area contributed by atoms with E-state index in [2.05, 4.69) is 47.4 Å². The number of aliphatic hydroxyl groups excluding tert-OH is 2. The Kier molecular flexibility index (Phi) is 28.6. The van der Waals surface area contributed by atoms with Crippen LogP contribution in [0.3, 0.4) is 0 Å². The minimum absolute atomic E-state index is 0.0688. The van der Waals surface area contributed by atoms with Crippen LogP contribution in [0.4, 0.5) is 0 Å². The molecule has 1 rings (SSSR count). The molecule has 5 nitrogen and oxygen atoms in total. The fraction of sp³-hybridized carbons (Fsp3) is 0.795. The Morgan fingerprint density at radius 3 is 1.61 bits per heavy atom. The molecule has 1 amide bonds. The fourth-order valence-electron chi connectivity index (χ4n) is 5.92. The molecule has 0 spiro atoms. The number of pyridine rings is 1. The van der Waals surface area contributed by atoms with Crippen LogP contribution in [0, 0.1) is 0 Å². The van der Waals surface area contributed by atoms with Gasteiger partial charge in [-0.2, -0.15) is 0 Å². The Morgan fingerprint density at radius 1 is 0.659 bits per heavy atom. The Balaban J connectivity index is 1.88. The number of allylic oxidation sites excluding steroid dienone is 1. The Morgan fingerprint density at radius 2 is 1.11 bits per heavy atom. The van der Waals surface area contributed by atoms with Crippen molar-refractivity contribution in [2.75, 3.05) is 6.61 Å². The van der Waals surface area contributed by atoms with Gasteiger partial charge in [-0.25, -0.2) is 4.57 Å². The molecule has 0 fully saturated rings. The zero-order valence-corrected chi connectivity index (χ0v) is 28.7. The number of aromatic nitrogens is 1.